The second-order valence-corrected chi connectivity index (χ2v) is 3.84. The molecule has 0 heterocycles. The molecule has 2 nitrogen and oxygen atoms in total. The van der Waals surface area contributed by atoms with Crippen molar-refractivity contribution in [2.75, 3.05) is 6.54 Å². The predicted molar refractivity (Wildman–Crippen MR) is 67.6 cm³/mol. The van der Waals surface area contributed by atoms with Crippen molar-refractivity contribution < 1.29 is 4.79 Å². The van der Waals surface area contributed by atoms with Gasteiger partial charge in [0.1, 0.15) is 0 Å². The van der Waals surface area contributed by atoms with Gasteiger partial charge in [0.05, 0.1) is 0 Å². The molecule has 0 aliphatic carbocycles. The first-order valence-electron chi connectivity index (χ1n) is 5.71. The molecule has 0 aromatic heterocycles. The topological polar surface area (TPSA) is 43.1 Å². The van der Waals surface area contributed by atoms with Gasteiger partial charge in [-0.05, 0) is 31.4 Å². The molecule has 0 atom stereocenters. The van der Waals surface area contributed by atoms with Crippen LogP contribution < -0.4 is 5.73 Å². The lowest BCUT2D eigenvalue weighted by Crippen LogP contribution is -2.03. The molecule has 0 aliphatic heterocycles. The summed E-state index contributed by atoms with van der Waals surface area (Å²) >= 11 is 0. The van der Waals surface area contributed by atoms with Crippen LogP contribution in [0.3, 0.4) is 0 Å². The van der Waals surface area contributed by atoms with Gasteiger partial charge in [-0.1, -0.05) is 30.3 Å². The minimum absolute atomic E-state index is 0.209. The Morgan fingerprint density at radius 1 is 1.31 bits per heavy atom. The molecule has 2 N–H and O–H groups in total. The first kappa shape index (κ1) is 12.7. The number of unbranched alkanes of at least 4 members (excludes halogenated alkanes) is 1. The molecule has 0 unspecified atom stereocenters. The van der Waals surface area contributed by atoms with E-state index in [-0.39, 0.29) is 5.78 Å². The van der Waals surface area contributed by atoms with Crippen molar-refractivity contribution in [2.45, 2.75) is 25.7 Å². The van der Waals surface area contributed by atoms with Gasteiger partial charge in [-0.2, -0.15) is 0 Å². The van der Waals surface area contributed by atoms with Gasteiger partial charge in [0.2, 0.25) is 0 Å². The quantitative estimate of drug-likeness (QED) is 0.433. The first-order valence-corrected chi connectivity index (χ1v) is 5.71. The summed E-state index contributed by atoms with van der Waals surface area (Å²) in [5, 5.41) is 0. The first-order chi connectivity index (χ1) is 7.77. The maximum Gasteiger partial charge on any atom is 0.162 e. The van der Waals surface area contributed by atoms with E-state index in [1.54, 1.807) is 0 Å². The zero-order valence-corrected chi connectivity index (χ0v) is 9.61. The van der Waals surface area contributed by atoms with Gasteiger partial charge >= 0.3 is 0 Å². The Balaban J connectivity index is 2.52. The minimum Gasteiger partial charge on any atom is -0.330 e. The second kappa shape index (κ2) is 6.96. The fraction of sp³-hybridized carbons (Fsp3) is 0.357. The largest absolute Gasteiger partial charge is 0.330 e. The lowest BCUT2D eigenvalue weighted by atomic mass is 10.0. The van der Waals surface area contributed by atoms with Crippen LogP contribution in [0.1, 0.15) is 35.2 Å². The van der Waals surface area contributed by atoms with Crippen molar-refractivity contribution in [3.05, 3.63) is 48.0 Å². The van der Waals surface area contributed by atoms with Crippen LogP contribution >= 0.6 is 0 Å². The summed E-state index contributed by atoms with van der Waals surface area (Å²) in [7, 11) is 0. The zero-order chi connectivity index (χ0) is 11.8. The van der Waals surface area contributed by atoms with E-state index in [1.807, 2.05) is 30.3 Å². The molecule has 16 heavy (non-hydrogen) atoms. The van der Waals surface area contributed by atoms with Crippen LogP contribution in [-0.2, 0) is 6.42 Å². The van der Waals surface area contributed by atoms with Crippen LogP contribution in [0.25, 0.3) is 0 Å². The smallest absolute Gasteiger partial charge is 0.162 e. The molecule has 0 saturated carbocycles. The highest BCUT2D eigenvalue weighted by Crippen LogP contribution is 2.09. The van der Waals surface area contributed by atoms with E-state index < -0.39 is 0 Å². The number of benzene rings is 1. The van der Waals surface area contributed by atoms with Gasteiger partial charge in [0.15, 0.2) is 5.78 Å². The number of nitrogens with two attached hydrogens (primary N) is 1. The Morgan fingerprint density at radius 2 is 2.00 bits per heavy atom. The molecule has 0 bridgehead atoms. The number of hydrogen-bond acceptors (Lipinski definition) is 2. The third-order valence-electron chi connectivity index (χ3n) is 2.52. The lowest BCUT2D eigenvalue weighted by molar-refractivity contribution is 0.0980. The number of Topliss-reactive ketones (excluding diaryl/α,β-unsaturated/α-hetero) is 1. The summed E-state index contributed by atoms with van der Waals surface area (Å²) in [6.45, 7) is 4.28. The minimum atomic E-state index is 0.209. The molecule has 0 spiro atoms. The van der Waals surface area contributed by atoms with Crippen LogP contribution in [0.5, 0.6) is 0 Å². The molecule has 2 heteroatoms. The van der Waals surface area contributed by atoms with E-state index in [9.17, 15) is 4.79 Å². The van der Waals surface area contributed by atoms with Crippen molar-refractivity contribution in [1.82, 2.24) is 0 Å². The van der Waals surface area contributed by atoms with E-state index in [1.165, 1.54) is 5.56 Å². The molecular weight excluding hydrogens is 198 g/mol. The molecule has 1 rings (SSSR count). The predicted octanol–water partition coefficient (Wildman–Crippen LogP) is 2.73. The lowest BCUT2D eigenvalue weighted by Gasteiger charge is -2.02. The summed E-state index contributed by atoms with van der Waals surface area (Å²) < 4.78 is 0. The van der Waals surface area contributed by atoms with Crippen molar-refractivity contribution in [3.8, 4) is 0 Å². The van der Waals surface area contributed by atoms with Gasteiger partial charge in [0.25, 0.3) is 0 Å². The van der Waals surface area contributed by atoms with Gasteiger partial charge in [-0.25, -0.2) is 0 Å². The van der Waals surface area contributed by atoms with Gasteiger partial charge in [-0.15, -0.1) is 6.58 Å². The van der Waals surface area contributed by atoms with Crippen molar-refractivity contribution >= 4 is 5.78 Å². The fourth-order valence-corrected chi connectivity index (χ4v) is 1.58. The number of ketones is 1. The van der Waals surface area contributed by atoms with Crippen molar-refractivity contribution in [3.63, 3.8) is 0 Å². The van der Waals surface area contributed by atoms with E-state index in [0.29, 0.717) is 13.0 Å². The third-order valence-corrected chi connectivity index (χ3v) is 2.52. The Bertz CT molecular complexity index is 340. The highest BCUT2D eigenvalue weighted by molar-refractivity contribution is 5.96. The Labute approximate surface area is 97.2 Å². The Kier molecular flexibility index (Phi) is 5.51. The number of allylic oxidation sites excluding steroid dienone is 1. The molecule has 0 saturated heterocycles. The molecule has 0 aliphatic rings. The summed E-state index contributed by atoms with van der Waals surface area (Å²) in [5.41, 5.74) is 7.44. The highest BCUT2D eigenvalue weighted by Gasteiger charge is 2.04. The van der Waals surface area contributed by atoms with Crippen LogP contribution in [0, 0.1) is 0 Å². The second-order valence-electron chi connectivity index (χ2n) is 3.84. The zero-order valence-electron chi connectivity index (χ0n) is 9.61. The Hall–Kier alpha value is -1.41. The monoisotopic (exact) mass is 217 g/mol. The normalized spacial score (nSPS) is 10.1. The van der Waals surface area contributed by atoms with Crippen molar-refractivity contribution in [2.24, 2.45) is 5.73 Å². The standard InChI is InChI=1S/C14H19NO/c1-2-3-4-5-14(16)13-8-6-12(7-9-13)10-11-15/h2,6-9H,1,3-5,10-11,15H2. The van der Waals surface area contributed by atoms with E-state index in [4.69, 9.17) is 5.73 Å². The number of carbonyl (C=O) groups excluding carboxylic acids is 1. The van der Waals surface area contributed by atoms with Crippen LogP contribution in [-0.4, -0.2) is 12.3 Å². The molecule has 0 fully saturated rings. The average Bonchev–Trinajstić information content (AvgIpc) is 2.30. The van der Waals surface area contributed by atoms with Crippen LogP contribution in [0.4, 0.5) is 0 Å². The highest BCUT2D eigenvalue weighted by atomic mass is 16.1. The third kappa shape index (κ3) is 3.99. The molecule has 0 radical (unpaired) electrons. The average molecular weight is 217 g/mol. The van der Waals surface area contributed by atoms with Crippen LogP contribution in [0.2, 0.25) is 0 Å². The maximum absolute atomic E-state index is 11.7. The summed E-state index contributed by atoms with van der Waals surface area (Å²) in [4.78, 5) is 11.7. The van der Waals surface area contributed by atoms with Gasteiger partial charge in [-0.3, -0.25) is 4.79 Å². The van der Waals surface area contributed by atoms with Gasteiger partial charge in [0, 0.05) is 12.0 Å². The summed E-state index contributed by atoms with van der Waals surface area (Å²) in [5.74, 6) is 0.209. The number of rotatable bonds is 7. The molecule has 86 valence electrons. The molecular formula is C14H19NO. The molecule has 0 amide bonds. The Morgan fingerprint density at radius 3 is 2.56 bits per heavy atom. The molecule has 1 aromatic carbocycles. The van der Waals surface area contributed by atoms with Crippen LogP contribution in [0.15, 0.2) is 36.9 Å². The number of carbonyl (C=O) groups is 1. The number of hydrogen-bond donors (Lipinski definition) is 1. The fourth-order valence-electron chi connectivity index (χ4n) is 1.58. The van der Waals surface area contributed by atoms with E-state index in [0.717, 1.165) is 24.8 Å². The maximum atomic E-state index is 11.7. The van der Waals surface area contributed by atoms with Gasteiger partial charge < -0.3 is 5.73 Å². The SMILES string of the molecule is C=CCCCC(=O)c1ccc(CCN)cc1. The summed E-state index contributed by atoms with van der Waals surface area (Å²) in [6.07, 6.45) is 5.09. The van der Waals surface area contributed by atoms with E-state index >= 15 is 0 Å². The summed E-state index contributed by atoms with van der Waals surface area (Å²) in [6, 6.07) is 7.74. The van der Waals surface area contributed by atoms with Crippen molar-refractivity contribution in [1.29, 1.82) is 0 Å². The van der Waals surface area contributed by atoms with E-state index in [2.05, 4.69) is 6.58 Å². The molecule has 1 aromatic rings.